The first-order valence-electron chi connectivity index (χ1n) is 7.59. The summed E-state index contributed by atoms with van der Waals surface area (Å²) in [4.78, 5) is 11.3. The Balaban J connectivity index is 2.31. The molecule has 0 bridgehead atoms. The molecule has 0 atom stereocenters. The summed E-state index contributed by atoms with van der Waals surface area (Å²) in [5, 5.41) is 11.6. The zero-order chi connectivity index (χ0) is 17.1. The minimum absolute atomic E-state index is 0.101. The number of hydrogen-bond acceptors (Lipinski definition) is 3. The van der Waals surface area contributed by atoms with Gasteiger partial charge in [0, 0.05) is 6.07 Å². The highest BCUT2D eigenvalue weighted by Gasteiger charge is 2.21. The van der Waals surface area contributed by atoms with Crippen LogP contribution in [0, 0.1) is 17.0 Å². The van der Waals surface area contributed by atoms with E-state index < -0.39 is 0 Å². The van der Waals surface area contributed by atoms with Crippen LogP contribution in [0.25, 0.3) is 22.3 Å². The van der Waals surface area contributed by atoms with Crippen molar-refractivity contribution in [3.05, 3.63) is 82.4 Å². The fourth-order valence-corrected chi connectivity index (χ4v) is 2.88. The number of nitrogens with zero attached hydrogens (tertiary/aromatic N) is 1. The van der Waals surface area contributed by atoms with Crippen molar-refractivity contribution >= 4 is 5.69 Å². The molecule has 3 aromatic carbocycles. The highest BCUT2D eigenvalue weighted by Crippen LogP contribution is 2.41. The minimum Gasteiger partial charge on any atom is -0.497 e. The summed E-state index contributed by atoms with van der Waals surface area (Å²) in [6.07, 6.45) is 0. The highest BCUT2D eigenvalue weighted by atomic mass is 16.6. The molecule has 0 fully saturated rings. The van der Waals surface area contributed by atoms with Crippen LogP contribution in [0.1, 0.15) is 5.56 Å². The van der Waals surface area contributed by atoms with Crippen molar-refractivity contribution < 1.29 is 9.66 Å². The lowest BCUT2D eigenvalue weighted by Crippen LogP contribution is -1.96. The van der Waals surface area contributed by atoms with Gasteiger partial charge in [-0.15, -0.1) is 0 Å². The molecule has 0 unspecified atom stereocenters. The number of hydrogen-bond donors (Lipinski definition) is 0. The number of benzene rings is 3. The predicted molar refractivity (Wildman–Crippen MR) is 95.3 cm³/mol. The Morgan fingerprint density at radius 2 is 1.67 bits per heavy atom. The molecule has 3 rings (SSSR count). The Hall–Kier alpha value is -3.14. The zero-order valence-corrected chi connectivity index (χ0v) is 13.5. The average Bonchev–Trinajstić information content (AvgIpc) is 2.61. The van der Waals surface area contributed by atoms with Gasteiger partial charge in [0.25, 0.3) is 5.69 Å². The molecule has 0 radical (unpaired) electrons. The Morgan fingerprint density at radius 1 is 0.917 bits per heavy atom. The Kier molecular flexibility index (Phi) is 4.29. The van der Waals surface area contributed by atoms with E-state index in [1.807, 2.05) is 61.5 Å². The molecule has 0 spiro atoms. The van der Waals surface area contributed by atoms with Gasteiger partial charge < -0.3 is 4.74 Å². The van der Waals surface area contributed by atoms with Gasteiger partial charge >= 0.3 is 0 Å². The van der Waals surface area contributed by atoms with Gasteiger partial charge in [-0.1, -0.05) is 48.5 Å². The van der Waals surface area contributed by atoms with E-state index in [9.17, 15) is 10.1 Å². The number of nitro benzene ring substituents is 1. The Labute approximate surface area is 140 Å². The van der Waals surface area contributed by atoms with E-state index in [1.54, 1.807) is 19.2 Å². The minimum atomic E-state index is -0.328. The second-order valence-electron chi connectivity index (χ2n) is 5.50. The molecule has 24 heavy (non-hydrogen) atoms. The highest BCUT2D eigenvalue weighted by molar-refractivity contribution is 5.90. The second kappa shape index (κ2) is 6.54. The third kappa shape index (κ3) is 2.86. The first-order valence-corrected chi connectivity index (χ1v) is 7.59. The molecule has 0 saturated carbocycles. The van der Waals surface area contributed by atoms with Gasteiger partial charge in [0.2, 0.25) is 0 Å². The lowest BCUT2D eigenvalue weighted by atomic mass is 9.91. The monoisotopic (exact) mass is 319 g/mol. The number of ether oxygens (including phenoxy) is 1. The van der Waals surface area contributed by atoms with E-state index >= 15 is 0 Å². The summed E-state index contributed by atoms with van der Waals surface area (Å²) >= 11 is 0. The van der Waals surface area contributed by atoms with Gasteiger partial charge in [-0.2, -0.15) is 0 Å². The molecule has 4 nitrogen and oxygen atoms in total. The molecule has 0 aliphatic rings. The van der Waals surface area contributed by atoms with E-state index in [0.717, 1.165) is 28.0 Å². The number of aryl methyl sites for hydroxylation is 1. The van der Waals surface area contributed by atoms with Crippen LogP contribution in [0.5, 0.6) is 5.75 Å². The van der Waals surface area contributed by atoms with Crippen LogP contribution in [0.3, 0.4) is 0 Å². The number of nitro groups is 1. The van der Waals surface area contributed by atoms with Gasteiger partial charge in [0.15, 0.2) is 0 Å². The zero-order valence-electron chi connectivity index (χ0n) is 13.5. The van der Waals surface area contributed by atoms with Crippen LogP contribution in [-0.4, -0.2) is 12.0 Å². The first-order chi connectivity index (χ1) is 11.6. The van der Waals surface area contributed by atoms with Gasteiger partial charge in [0.1, 0.15) is 5.75 Å². The fraction of sp³-hybridized carbons (Fsp3) is 0.100. The molecule has 0 aliphatic carbocycles. The molecule has 3 aromatic rings. The topological polar surface area (TPSA) is 52.4 Å². The van der Waals surface area contributed by atoms with E-state index in [0.29, 0.717) is 5.56 Å². The number of rotatable bonds is 4. The molecule has 0 aliphatic heterocycles. The Bertz CT molecular complexity index is 889. The summed E-state index contributed by atoms with van der Waals surface area (Å²) in [6.45, 7) is 1.93. The van der Waals surface area contributed by atoms with E-state index in [2.05, 4.69) is 0 Å². The van der Waals surface area contributed by atoms with Crippen molar-refractivity contribution in [1.82, 2.24) is 0 Å². The fourth-order valence-electron chi connectivity index (χ4n) is 2.88. The van der Waals surface area contributed by atoms with Crippen molar-refractivity contribution in [2.24, 2.45) is 0 Å². The summed E-state index contributed by atoms with van der Waals surface area (Å²) < 4.78 is 5.24. The molecular formula is C20H17NO3. The first kappa shape index (κ1) is 15.7. The maximum absolute atomic E-state index is 11.6. The molecule has 0 N–H and O–H groups in total. The lowest BCUT2D eigenvalue weighted by Gasteiger charge is -2.14. The molecule has 0 heterocycles. The summed E-state index contributed by atoms with van der Waals surface area (Å²) in [5.41, 5.74) is 4.30. The van der Waals surface area contributed by atoms with Crippen molar-refractivity contribution in [3.63, 3.8) is 0 Å². The van der Waals surface area contributed by atoms with Gasteiger partial charge in [-0.25, -0.2) is 0 Å². The van der Waals surface area contributed by atoms with Crippen LogP contribution in [0.2, 0.25) is 0 Å². The molecule has 0 amide bonds. The van der Waals surface area contributed by atoms with Crippen LogP contribution in [0.4, 0.5) is 5.69 Å². The molecule has 0 saturated heterocycles. The second-order valence-corrected chi connectivity index (χ2v) is 5.50. The van der Waals surface area contributed by atoms with Crippen LogP contribution in [-0.2, 0) is 0 Å². The lowest BCUT2D eigenvalue weighted by molar-refractivity contribution is -0.384. The normalized spacial score (nSPS) is 10.4. The number of methoxy groups -OCH3 is 1. The standard InChI is InChI=1S/C20H17NO3/c1-14-13-16(24-2)11-12-17(14)20-18(15-7-4-3-5-8-15)9-6-10-19(20)21(22)23/h3-13H,1-2H3. The van der Waals surface area contributed by atoms with Crippen molar-refractivity contribution in [2.75, 3.05) is 7.11 Å². The smallest absolute Gasteiger partial charge is 0.277 e. The van der Waals surface area contributed by atoms with Gasteiger partial charge in [0.05, 0.1) is 17.6 Å². The van der Waals surface area contributed by atoms with E-state index in [4.69, 9.17) is 4.74 Å². The molecule has 0 aromatic heterocycles. The quantitative estimate of drug-likeness (QED) is 0.488. The van der Waals surface area contributed by atoms with Crippen molar-refractivity contribution in [2.45, 2.75) is 6.92 Å². The molecule has 120 valence electrons. The van der Waals surface area contributed by atoms with Crippen LogP contribution >= 0.6 is 0 Å². The third-order valence-electron chi connectivity index (χ3n) is 4.03. The van der Waals surface area contributed by atoms with Crippen LogP contribution < -0.4 is 4.74 Å². The summed E-state index contributed by atoms with van der Waals surface area (Å²) in [6, 6.07) is 20.5. The summed E-state index contributed by atoms with van der Waals surface area (Å²) in [5.74, 6) is 0.732. The largest absolute Gasteiger partial charge is 0.497 e. The van der Waals surface area contributed by atoms with Crippen molar-refractivity contribution in [3.8, 4) is 28.0 Å². The predicted octanol–water partition coefficient (Wildman–Crippen LogP) is 5.25. The van der Waals surface area contributed by atoms with E-state index in [-0.39, 0.29) is 10.6 Å². The van der Waals surface area contributed by atoms with Gasteiger partial charge in [-0.05, 0) is 41.3 Å². The maximum atomic E-state index is 11.6. The van der Waals surface area contributed by atoms with Gasteiger partial charge in [-0.3, -0.25) is 10.1 Å². The van der Waals surface area contributed by atoms with Crippen molar-refractivity contribution in [1.29, 1.82) is 0 Å². The average molecular weight is 319 g/mol. The maximum Gasteiger partial charge on any atom is 0.277 e. The summed E-state index contributed by atoms with van der Waals surface area (Å²) in [7, 11) is 1.61. The Morgan fingerprint density at radius 3 is 2.29 bits per heavy atom. The SMILES string of the molecule is COc1ccc(-c2c(-c3ccccc3)cccc2[N+](=O)[O-])c(C)c1. The molecule has 4 heteroatoms. The van der Waals surface area contributed by atoms with E-state index in [1.165, 1.54) is 0 Å². The molecular weight excluding hydrogens is 302 g/mol. The van der Waals surface area contributed by atoms with Crippen LogP contribution in [0.15, 0.2) is 66.7 Å². The third-order valence-corrected chi connectivity index (χ3v) is 4.03.